The molecule has 1 aromatic heterocycles. The third-order valence-electron chi connectivity index (χ3n) is 2.87. The first kappa shape index (κ1) is 15.2. The number of halogens is 2. The maximum atomic E-state index is 13.7. The molecule has 21 heavy (non-hydrogen) atoms. The molecular weight excluding hydrogens is 276 g/mol. The number of nitrogens with one attached hydrogen (secondary N) is 1. The predicted octanol–water partition coefficient (Wildman–Crippen LogP) is 4.10. The first-order valence-electron chi connectivity index (χ1n) is 6.74. The van der Waals surface area contributed by atoms with Gasteiger partial charge >= 0.3 is 0 Å². The Bertz CT molecular complexity index is 632. The van der Waals surface area contributed by atoms with E-state index < -0.39 is 11.6 Å². The predicted molar refractivity (Wildman–Crippen MR) is 76.7 cm³/mol. The second-order valence-electron chi connectivity index (χ2n) is 4.80. The minimum atomic E-state index is -0.644. The summed E-state index contributed by atoms with van der Waals surface area (Å²) in [6, 6.07) is 3.05. The molecule has 0 atom stereocenters. The highest BCUT2D eigenvalue weighted by molar-refractivity contribution is 5.51. The Balaban J connectivity index is 2.43. The van der Waals surface area contributed by atoms with Gasteiger partial charge in [0.25, 0.3) is 0 Å². The fourth-order valence-electron chi connectivity index (χ4n) is 1.95. The molecule has 112 valence electrons. The third-order valence-corrected chi connectivity index (χ3v) is 2.87. The summed E-state index contributed by atoms with van der Waals surface area (Å²) in [6.45, 7) is 6.53. The molecule has 0 aliphatic heterocycles. The van der Waals surface area contributed by atoms with Crippen LogP contribution in [0.1, 0.15) is 32.3 Å². The molecule has 1 heterocycles. The van der Waals surface area contributed by atoms with Crippen LogP contribution in [-0.4, -0.2) is 16.5 Å². The van der Waals surface area contributed by atoms with Crippen molar-refractivity contribution in [1.82, 2.24) is 9.97 Å². The molecule has 1 N–H and O–H groups in total. The highest BCUT2D eigenvalue weighted by Gasteiger charge is 2.18. The van der Waals surface area contributed by atoms with Crippen LogP contribution in [-0.2, 0) is 0 Å². The van der Waals surface area contributed by atoms with E-state index >= 15 is 0 Å². The zero-order valence-corrected chi connectivity index (χ0v) is 12.2. The summed E-state index contributed by atoms with van der Waals surface area (Å²) < 4.78 is 32.4. The van der Waals surface area contributed by atoms with Crippen molar-refractivity contribution < 1.29 is 13.5 Å². The van der Waals surface area contributed by atoms with Crippen LogP contribution in [0.3, 0.4) is 0 Å². The molecule has 6 heteroatoms. The monoisotopic (exact) mass is 293 g/mol. The van der Waals surface area contributed by atoms with Crippen LogP contribution in [0.25, 0.3) is 0 Å². The van der Waals surface area contributed by atoms with Crippen LogP contribution in [0.2, 0.25) is 0 Å². The molecule has 0 saturated carbocycles. The fraction of sp³-hybridized carbons (Fsp3) is 0.333. The van der Waals surface area contributed by atoms with E-state index in [1.807, 2.05) is 20.8 Å². The number of aromatic nitrogens is 2. The topological polar surface area (TPSA) is 47.0 Å². The lowest BCUT2D eigenvalue weighted by molar-refractivity contribution is 0.415. The third kappa shape index (κ3) is 3.45. The van der Waals surface area contributed by atoms with E-state index in [9.17, 15) is 8.78 Å². The number of anilines is 1. The van der Waals surface area contributed by atoms with Gasteiger partial charge in [-0.25, -0.2) is 18.7 Å². The van der Waals surface area contributed by atoms with Gasteiger partial charge in [0.2, 0.25) is 5.88 Å². The summed E-state index contributed by atoms with van der Waals surface area (Å²) >= 11 is 0. The number of hydrogen-bond donors (Lipinski definition) is 1. The van der Waals surface area contributed by atoms with Crippen molar-refractivity contribution in [1.29, 1.82) is 0 Å². The lowest BCUT2D eigenvalue weighted by Crippen LogP contribution is -2.07. The number of hydrogen-bond acceptors (Lipinski definition) is 4. The maximum Gasteiger partial charge on any atom is 0.228 e. The van der Waals surface area contributed by atoms with E-state index in [0.29, 0.717) is 12.4 Å². The number of ether oxygens (including phenoxy) is 1. The van der Waals surface area contributed by atoms with Crippen molar-refractivity contribution in [3.63, 3.8) is 0 Å². The van der Waals surface area contributed by atoms with E-state index in [1.54, 1.807) is 0 Å². The molecule has 0 saturated heterocycles. The van der Waals surface area contributed by atoms with Gasteiger partial charge in [-0.3, -0.25) is 0 Å². The van der Waals surface area contributed by atoms with Crippen LogP contribution in [0.15, 0.2) is 24.5 Å². The molecular formula is C15H17F2N3O. The summed E-state index contributed by atoms with van der Waals surface area (Å²) in [7, 11) is 0. The van der Waals surface area contributed by atoms with Crippen molar-refractivity contribution in [3.8, 4) is 11.6 Å². The Morgan fingerprint density at radius 3 is 2.67 bits per heavy atom. The standard InChI is InChI=1S/C15H17F2N3O/c1-4-18-14-13(9(2)3)15(20-8-19-14)21-12-7-10(16)5-6-11(12)17/h5-9H,4H2,1-3H3,(H,18,19,20). The summed E-state index contributed by atoms with van der Waals surface area (Å²) in [5.41, 5.74) is 0.725. The smallest absolute Gasteiger partial charge is 0.228 e. The molecule has 0 spiro atoms. The van der Waals surface area contributed by atoms with Gasteiger partial charge in [-0.1, -0.05) is 13.8 Å². The van der Waals surface area contributed by atoms with E-state index in [0.717, 1.165) is 23.8 Å². The van der Waals surface area contributed by atoms with Gasteiger partial charge in [-0.05, 0) is 25.0 Å². The Morgan fingerprint density at radius 2 is 2.00 bits per heavy atom. The van der Waals surface area contributed by atoms with Crippen molar-refractivity contribution >= 4 is 5.82 Å². The minimum Gasteiger partial charge on any atom is -0.435 e. The quantitative estimate of drug-likeness (QED) is 0.901. The molecule has 0 bridgehead atoms. The van der Waals surface area contributed by atoms with E-state index in [4.69, 9.17) is 4.74 Å². The van der Waals surface area contributed by atoms with Gasteiger partial charge in [0.15, 0.2) is 11.6 Å². The molecule has 0 amide bonds. The molecule has 0 unspecified atom stereocenters. The molecule has 2 rings (SSSR count). The van der Waals surface area contributed by atoms with E-state index in [1.165, 1.54) is 6.33 Å². The second-order valence-corrected chi connectivity index (χ2v) is 4.80. The maximum absolute atomic E-state index is 13.7. The molecule has 0 aliphatic rings. The molecule has 2 aromatic rings. The van der Waals surface area contributed by atoms with Gasteiger partial charge in [0.05, 0.1) is 5.56 Å². The lowest BCUT2D eigenvalue weighted by Gasteiger charge is -2.16. The first-order chi connectivity index (χ1) is 10.0. The minimum absolute atomic E-state index is 0.0619. The highest BCUT2D eigenvalue weighted by Crippen LogP contribution is 2.33. The van der Waals surface area contributed by atoms with Gasteiger partial charge in [0, 0.05) is 12.6 Å². The molecule has 1 aromatic carbocycles. The summed E-state index contributed by atoms with van der Waals surface area (Å²) in [5.74, 6) is -0.493. The van der Waals surface area contributed by atoms with Crippen LogP contribution < -0.4 is 10.1 Å². The van der Waals surface area contributed by atoms with Crippen molar-refractivity contribution in [3.05, 3.63) is 41.7 Å². The molecule has 0 aliphatic carbocycles. The average molecular weight is 293 g/mol. The Morgan fingerprint density at radius 1 is 1.24 bits per heavy atom. The zero-order chi connectivity index (χ0) is 15.4. The average Bonchev–Trinajstić information content (AvgIpc) is 2.43. The zero-order valence-electron chi connectivity index (χ0n) is 12.2. The van der Waals surface area contributed by atoms with Gasteiger partial charge in [-0.2, -0.15) is 0 Å². The van der Waals surface area contributed by atoms with Crippen molar-refractivity contribution in [2.24, 2.45) is 0 Å². The Labute approximate surface area is 122 Å². The SMILES string of the molecule is CCNc1ncnc(Oc2cc(F)ccc2F)c1C(C)C. The van der Waals surface area contributed by atoms with E-state index in [2.05, 4.69) is 15.3 Å². The summed E-state index contributed by atoms with van der Waals surface area (Å²) in [5, 5.41) is 3.11. The van der Waals surface area contributed by atoms with Gasteiger partial charge in [0.1, 0.15) is 18.0 Å². The Kier molecular flexibility index (Phi) is 4.67. The summed E-state index contributed by atoms with van der Waals surface area (Å²) in [4.78, 5) is 8.21. The number of benzene rings is 1. The van der Waals surface area contributed by atoms with Crippen LogP contribution >= 0.6 is 0 Å². The molecule has 0 radical (unpaired) electrons. The van der Waals surface area contributed by atoms with Crippen molar-refractivity contribution in [2.45, 2.75) is 26.7 Å². The lowest BCUT2D eigenvalue weighted by atomic mass is 10.1. The normalized spacial score (nSPS) is 10.8. The highest BCUT2D eigenvalue weighted by atomic mass is 19.1. The van der Waals surface area contributed by atoms with Crippen LogP contribution in [0, 0.1) is 11.6 Å². The van der Waals surface area contributed by atoms with Gasteiger partial charge in [-0.15, -0.1) is 0 Å². The summed E-state index contributed by atoms with van der Waals surface area (Å²) in [6.07, 6.45) is 1.33. The second kappa shape index (κ2) is 6.47. The first-order valence-corrected chi connectivity index (χ1v) is 6.74. The Hall–Kier alpha value is -2.24. The number of nitrogens with zero attached hydrogens (tertiary/aromatic N) is 2. The molecule has 0 fully saturated rings. The van der Waals surface area contributed by atoms with Gasteiger partial charge < -0.3 is 10.1 Å². The van der Waals surface area contributed by atoms with E-state index in [-0.39, 0.29) is 17.5 Å². The van der Waals surface area contributed by atoms with Crippen LogP contribution in [0.4, 0.5) is 14.6 Å². The fourth-order valence-corrected chi connectivity index (χ4v) is 1.95. The number of rotatable bonds is 5. The van der Waals surface area contributed by atoms with Crippen molar-refractivity contribution in [2.75, 3.05) is 11.9 Å². The molecule has 4 nitrogen and oxygen atoms in total. The van der Waals surface area contributed by atoms with Crippen LogP contribution in [0.5, 0.6) is 11.6 Å². The largest absolute Gasteiger partial charge is 0.435 e.